The Kier molecular flexibility index (Phi) is 3.44. The predicted molar refractivity (Wildman–Crippen MR) is 64.9 cm³/mol. The van der Waals surface area contributed by atoms with Crippen LogP contribution in [0.3, 0.4) is 0 Å². The van der Waals surface area contributed by atoms with Gasteiger partial charge in [0.2, 0.25) is 0 Å². The molecule has 0 aliphatic rings. The van der Waals surface area contributed by atoms with Gasteiger partial charge in [0.15, 0.2) is 0 Å². The zero-order chi connectivity index (χ0) is 12.3. The molecule has 0 aliphatic carbocycles. The molecule has 0 saturated carbocycles. The molecule has 1 unspecified atom stereocenters. The maximum Gasteiger partial charge on any atom is 0.124 e. The third kappa shape index (κ3) is 2.65. The fourth-order valence-electron chi connectivity index (χ4n) is 1.78. The number of aliphatic hydroxyl groups is 1. The van der Waals surface area contributed by atoms with E-state index in [4.69, 9.17) is 4.74 Å². The second-order valence-electron chi connectivity index (χ2n) is 4.00. The van der Waals surface area contributed by atoms with Crippen molar-refractivity contribution in [3.8, 4) is 5.75 Å². The lowest BCUT2D eigenvalue weighted by molar-refractivity contribution is 0.148. The van der Waals surface area contributed by atoms with Gasteiger partial charge in [-0.3, -0.25) is 4.68 Å². The predicted octanol–water partition coefficient (Wildman–Crippen LogP) is 1.93. The van der Waals surface area contributed by atoms with Crippen LogP contribution in [0.2, 0.25) is 0 Å². The molecule has 4 heteroatoms. The van der Waals surface area contributed by atoms with Crippen molar-refractivity contribution in [2.24, 2.45) is 0 Å². The van der Waals surface area contributed by atoms with Crippen LogP contribution in [-0.2, 0) is 6.54 Å². The molecular formula is C13H16N2O2. The molecule has 0 amide bonds. The van der Waals surface area contributed by atoms with E-state index in [9.17, 15) is 5.11 Å². The Balaban J connectivity index is 2.16. The largest absolute Gasteiger partial charge is 0.496 e. The summed E-state index contributed by atoms with van der Waals surface area (Å²) in [5, 5.41) is 14.3. The minimum atomic E-state index is -0.620. The van der Waals surface area contributed by atoms with Gasteiger partial charge < -0.3 is 9.84 Å². The number of nitrogens with zero attached hydrogens (tertiary/aromatic N) is 2. The highest BCUT2D eigenvalue weighted by Gasteiger charge is 2.13. The molecule has 1 aromatic carbocycles. The van der Waals surface area contributed by atoms with Crippen LogP contribution in [0, 0.1) is 6.92 Å². The molecule has 0 aliphatic heterocycles. The van der Waals surface area contributed by atoms with Crippen LogP contribution in [-0.4, -0.2) is 22.0 Å². The Morgan fingerprint density at radius 3 is 2.82 bits per heavy atom. The number of ether oxygens (including phenoxy) is 1. The van der Waals surface area contributed by atoms with E-state index < -0.39 is 6.10 Å². The number of aromatic nitrogens is 2. The van der Waals surface area contributed by atoms with Crippen molar-refractivity contribution < 1.29 is 9.84 Å². The summed E-state index contributed by atoms with van der Waals surface area (Å²) in [6.07, 6.45) is 3.05. The Morgan fingerprint density at radius 1 is 1.41 bits per heavy atom. The average molecular weight is 232 g/mol. The molecule has 1 atom stereocenters. The molecule has 0 spiro atoms. The van der Waals surface area contributed by atoms with Gasteiger partial charge in [0, 0.05) is 11.8 Å². The maximum absolute atomic E-state index is 10.2. The lowest BCUT2D eigenvalue weighted by Gasteiger charge is -2.14. The molecule has 1 N–H and O–H groups in total. The zero-order valence-electron chi connectivity index (χ0n) is 10.00. The van der Waals surface area contributed by atoms with Gasteiger partial charge in [-0.1, -0.05) is 18.2 Å². The van der Waals surface area contributed by atoms with E-state index >= 15 is 0 Å². The smallest absolute Gasteiger partial charge is 0.124 e. The fraction of sp³-hybridized carbons (Fsp3) is 0.308. The van der Waals surface area contributed by atoms with Crippen LogP contribution < -0.4 is 4.74 Å². The van der Waals surface area contributed by atoms with Crippen molar-refractivity contribution in [1.82, 2.24) is 9.78 Å². The number of benzene rings is 1. The van der Waals surface area contributed by atoms with Crippen LogP contribution in [0.5, 0.6) is 5.75 Å². The lowest BCUT2D eigenvalue weighted by atomic mass is 10.1. The van der Waals surface area contributed by atoms with Crippen LogP contribution in [0.1, 0.15) is 17.2 Å². The first-order valence-electron chi connectivity index (χ1n) is 5.50. The van der Waals surface area contributed by atoms with E-state index in [2.05, 4.69) is 5.10 Å². The van der Waals surface area contributed by atoms with Crippen LogP contribution >= 0.6 is 0 Å². The minimum Gasteiger partial charge on any atom is -0.496 e. The third-order valence-corrected chi connectivity index (χ3v) is 2.62. The summed E-state index contributed by atoms with van der Waals surface area (Å²) in [6, 6.07) is 7.47. The topological polar surface area (TPSA) is 47.3 Å². The Bertz CT molecular complexity index is 494. The maximum atomic E-state index is 10.2. The summed E-state index contributed by atoms with van der Waals surface area (Å²) in [5.41, 5.74) is 1.86. The number of aryl methyl sites for hydroxylation is 1. The van der Waals surface area contributed by atoms with E-state index in [1.807, 2.05) is 37.4 Å². The van der Waals surface area contributed by atoms with Crippen LogP contribution in [0.25, 0.3) is 0 Å². The number of rotatable bonds is 4. The first kappa shape index (κ1) is 11.7. The van der Waals surface area contributed by atoms with Crippen molar-refractivity contribution in [2.75, 3.05) is 7.11 Å². The molecule has 1 heterocycles. The normalized spacial score (nSPS) is 12.4. The molecule has 0 fully saturated rings. The summed E-state index contributed by atoms with van der Waals surface area (Å²) in [4.78, 5) is 0. The quantitative estimate of drug-likeness (QED) is 0.876. The summed E-state index contributed by atoms with van der Waals surface area (Å²) in [7, 11) is 1.60. The first-order valence-corrected chi connectivity index (χ1v) is 5.50. The van der Waals surface area contributed by atoms with Gasteiger partial charge in [-0.15, -0.1) is 0 Å². The summed E-state index contributed by atoms with van der Waals surface area (Å²) >= 11 is 0. The fourth-order valence-corrected chi connectivity index (χ4v) is 1.78. The van der Waals surface area contributed by atoms with Crippen molar-refractivity contribution in [3.63, 3.8) is 0 Å². The zero-order valence-corrected chi connectivity index (χ0v) is 10.00. The highest BCUT2D eigenvalue weighted by atomic mass is 16.5. The van der Waals surface area contributed by atoms with Gasteiger partial charge >= 0.3 is 0 Å². The van der Waals surface area contributed by atoms with E-state index in [-0.39, 0.29) is 0 Å². The summed E-state index contributed by atoms with van der Waals surface area (Å²) in [6.45, 7) is 2.40. The van der Waals surface area contributed by atoms with Crippen molar-refractivity contribution in [3.05, 3.63) is 47.8 Å². The SMILES string of the molecule is COc1ccccc1C(O)Cn1cc(C)cn1. The second kappa shape index (κ2) is 5.01. The van der Waals surface area contributed by atoms with Gasteiger partial charge in [-0.05, 0) is 18.6 Å². The number of para-hydroxylation sites is 1. The Labute approximate surface area is 100 Å². The molecule has 1 aromatic heterocycles. The van der Waals surface area contributed by atoms with Gasteiger partial charge in [0.25, 0.3) is 0 Å². The molecule has 4 nitrogen and oxygen atoms in total. The Morgan fingerprint density at radius 2 is 2.18 bits per heavy atom. The van der Waals surface area contributed by atoms with Crippen LogP contribution in [0.15, 0.2) is 36.7 Å². The van der Waals surface area contributed by atoms with Gasteiger partial charge in [0.05, 0.1) is 19.9 Å². The van der Waals surface area contributed by atoms with Gasteiger partial charge in [-0.25, -0.2) is 0 Å². The van der Waals surface area contributed by atoms with Crippen molar-refractivity contribution in [2.45, 2.75) is 19.6 Å². The lowest BCUT2D eigenvalue weighted by Crippen LogP contribution is -2.10. The first-order chi connectivity index (χ1) is 8.20. The van der Waals surface area contributed by atoms with Gasteiger partial charge in [0.1, 0.15) is 11.9 Å². The van der Waals surface area contributed by atoms with E-state index in [0.717, 1.165) is 11.1 Å². The monoisotopic (exact) mass is 232 g/mol. The number of hydrogen-bond acceptors (Lipinski definition) is 3. The molecule has 2 rings (SSSR count). The third-order valence-electron chi connectivity index (χ3n) is 2.62. The highest BCUT2D eigenvalue weighted by Crippen LogP contribution is 2.25. The molecular weight excluding hydrogens is 216 g/mol. The van der Waals surface area contributed by atoms with E-state index in [1.165, 1.54) is 0 Å². The van der Waals surface area contributed by atoms with Crippen LogP contribution in [0.4, 0.5) is 0 Å². The molecule has 0 radical (unpaired) electrons. The number of aliphatic hydroxyl groups excluding tert-OH is 1. The van der Waals surface area contributed by atoms with Crippen molar-refractivity contribution in [1.29, 1.82) is 0 Å². The molecule has 2 aromatic rings. The summed E-state index contributed by atoms with van der Waals surface area (Å²) < 4.78 is 6.95. The average Bonchev–Trinajstić information content (AvgIpc) is 2.74. The highest BCUT2D eigenvalue weighted by molar-refractivity contribution is 5.34. The molecule has 90 valence electrons. The molecule has 17 heavy (non-hydrogen) atoms. The molecule has 0 saturated heterocycles. The Hall–Kier alpha value is -1.81. The standard InChI is InChI=1S/C13H16N2O2/c1-10-7-14-15(8-10)9-12(16)11-5-3-4-6-13(11)17-2/h3-8,12,16H,9H2,1-2H3. The second-order valence-corrected chi connectivity index (χ2v) is 4.00. The summed E-state index contributed by atoms with van der Waals surface area (Å²) in [5.74, 6) is 0.698. The number of hydrogen-bond donors (Lipinski definition) is 1. The van der Waals surface area contributed by atoms with E-state index in [1.54, 1.807) is 18.0 Å². The number of methoxy groups -OCH3 is 1. The molecule has 0 bridgehead atoms. The minimum absolute atomic E-state index is 0.425. The van der Waals surface area contributed by atoms with Crippen molar-refractivity contribution >= 4 is 0 Å². The van der Waals surface area contributed by atoms with Gasteiger partial charge in [-0.2, -0.15) is 5.10 Å². The van der Waals surface area contributed by atoms with E-state index in [0.29, 0.717) is 12.3 Å².